The molecule has 4 rings (SSSR count). The lowest BCUT2D eigenvalue weighted by Crippen LogP contribution is -2.29. The second-order valence-corrected chi connectivity index (χ2v) is 8.68. The van der Waals surface area contributed by atoms with Crippen molar-refractivity contribution in [2.75, 3.05) is 11.5 Å². The van der Waals surface area contributed by atoms with Crippen molar-refractivity contribution >= 4 is 23.1 Å². The first-order valence-corrected chi connectivity index (χ1v) is 12.2. The van der Waals surface area contributed by atoms with Crippen molar-refractivity contribution in [1.82, 2.24) is 0 Å². The minimum Gasteiger partial charge on any atom is -0.507 e. The standard InChI is InChI=1S/C30H31NO4/c1-3-5-9-20-35-25-18-16-23(17-19-25)28(32)26-27(22-14-12-21(4-2)13-15-22)31(30(34)29(26)33)24-10-7-6-8-11-24/h6-8,10-19,27,32H,3-5,9,20H2,1-2H3/b28-26-. The highest BCUT2D eigenvalue weighted by Crippen LogP contribution is 2.42. The van der Waals surface area contributed by atoms with Crippen LogP contribution in [-0.4, -0.2) is 23.4 Å². The summed E-state index contributed by atoms with van der Waals surface area (Å²) in [7, 11) is 0. The zero-order chi connectivity index (χ0) is 24.8. The van der Waals surface area contributed by atoms with E-state index in [2.05, 4.69) is 13.8 Å². The number of anilines is 1. The SMILES string of the molecule is CCCCCOc1ccc(/C(O)=C2/C(=O)C(=O)N(c3ccccc3)C2c2ccc(CC)cc2)cc1. The van der Waals surface area contributed by atoms with Crippen LogP contribution < -0.4 is 9.64 Å². The fraction of sp³-hybridized carbons (Fsp3) is 0.267. The summed E-state index contributed by atoms with van der Waals surface area (Å²) >= 11 is 0. The van der Waals surface area contributed by atoms with E-state index >= 15 is 0 Å². The fourth-order valence-corrected chi connectivity index (χ4v) is 4.35. The number of hydrogen-bond donors (Lipinski definition) is 1. The Hall–Kier alpha value is -3.86. The Morgan fingerprint density at radius 1 is 0.886 bits per heavy atom. The number of carbonyl (C=O) groups is 2. The summed E-state index contributed by atoms with van der Waals surface area (Å²) in [6.07, 6.45) is 4.10. The highest BCUT2D eigenvalue weighted by molar-refractivity contribution is 6.51. The van der Waals surface area contributed by atoms with Gasteiger partial charge in [-0.15, -0.1) is 0 Å². The van der Waals surface area contributed by atoms with Gasteiger partial charge in [0.1, 0.15) is 11.5 Å². The summed E-state index contributed by atoms with van der Waals surface area (Å²) in [6.45, 7) is 4.85. The Morgan fingerprint density at radius 3 is 2.20 bits per heavy atom. The molecule has 1 heterocycles. The number of aliphatic hydroxyl groups is 1. The number of hydrogen-bond acceptors (Lipinski definition) is 4. The Labute approximate surface area is 206 Å². The Kier molecular flexibility index (Phi) is 7.66. The third-order valence-electron chi connectivity index (χ3n) is 6.33. The molecule has 5 nitrogen and oxygen atoms in total. The van der Waals surface area contributed by atoms with E-state index in [1.165, 1.54) is 4.90 Å². The Morgan fingerprint density at radius 2 is 1.57 bits per heavy atom. The number of aryl methyl sites for hydroxylation is 1. The molecular formula is C30H31NO4. The smallest absolute Gasteiger partial charge is 0.300 e. The first-order chi connectivity index (χ1) is 17.0. The molecule has 0 spiro atoms. The van der Waals surface area contributed by atoms with Gasteiger partial charge in [-0.05, 0) is 60.4 Å². The van der Waals surface area contributed by atoms with Gasteiger partial charge in [-0.1, -0.05) is 69.2 Å². The fourth-order valence-electron chi connectivity index (χ4n) is 4.35. The molecule has 0 radical (unpaired) electrons. The van der Waals surface area contributed by atoms with E-state index in [1.807, 2.05) is 42.5 Å². The van der Waals surface area contributed by atoms with Crippen LogP contribution in [0.25, 0.3) is 5.76 Å². The van der Waals surface area contributed by atoms with Gasteiger partial charge in [0.2, 0.25) is 0 Å². The van der Waals surface area contributed by atoms with Crippen LogP contribution in [0.2, 0.25) is 0 Å². The number of Topliss-reactive ketones (excluding diaryl/α,β-unsaturated/α-hetero) is 1. The van der Waals surface area contributed by atoms with Gasteiger partial charge in [0.05, 0.1) is 18.2 Å². The molecule has 1 N–H and O–H groups in total. The van der Waals surface area contributed by atoms with Gasteiger partial charge in [0, 0.05) is 11.3 Å². The highest BCUT2D eigenvalue weighted by Gasteiger charge is 2.46. The number of rotatable bonds is 9. The highest BCUT2D eigenvalue weighted by atomic mass is 16.5. The zero-order valence-electron chi connectivity index (χ0n) is 20.2. The van der Waals surface area contributed by atoms with E-state index in [-0.39, 0.29) is 11.3 Å². The minimum absolute atomic E-state index is 0.0831. The van der Waals surface area contributed by atoms with Crippen LogP contribution in [-0.2, 0) is 16.0 Å². The molecule has 3 aromatic rings. The molecule has 3 aromatic carbocycles. The summed E-state index contributed by atoms with van der Waals surface area (Å²) in [4.78, 5) is 27.9. The summed E-state index contributed by atoms with van der Waals surface area (Å²) in [5.41, 5.74) is 3.07. The lowest BCUT2D eigenvalue weighted by atomic mass is 9.94. The maximum atomic E-state index is 13.2. The van der Waals surface area contributed by atoms with Gasteiger partial charge in [0.15, 0.2) is 0 Å². The number of unbranched alkanes of at least 4 members (excludes halogenated alkanes) is 2. The van der Waals surface area contributed by atoms with Gasteiger partial charge in [-0.3, -0.25) is 14.5 Å². The number of amides is 1. The van der Waals surface area contributed by atoms with Crippen molar-refractivity contribution in [2.24, 2.45) is 0 Å². The van der Waals surface area contributed by atoms with Crippen molar-refractivity contribution in [2.45, 2.75) is 45.6 Å². The van der Waals surface area contributed by atoms with Crippen molar-refractivity contribution < 1.29 is 19.4 Å². The van der Waals surface area contributed by atoms with E-state index in [0.717, 1.165) is 36.8 Å². The van der Waals surface area contributed by atoms with Crippen LogP contribution in [0.5, 0.6) is 5.75 Å². The lowest BCUT2D eigenvalue weighted by molar-refractivity contribution is -0.132. The molecule has 35 heavy (non-hydrogen) atoms. The van der Waals surface area contributed by atoms with Gasteiger partial charge in [-0.25, -0.2) is 0 Å². The molecule has 0 aliphatic carbocycles. The third-order valence-corrected chi connectivity index (χ3v) is 6.33. The van der Waals surface area contributed by atoms with Crippen LogP contribution in [0.1, 0.15) is 55.8 Å². The molecule has 1 fully saturated rings. The van der Waals surface area contributed by atoms with Crippen molar-refractivity contribution in [3.63, 3.8) is 0 Å². The largest absolute Gasteiger partial charge is 0.507 e. The van der Waals surface area contributed by atoms with E-state index in [0.29, 0.717) is 23.6 Å². The van der Waals surface area contributed by atoms with Crippen molar-refractivity contribution in [3.8, 4) is 5.75 Å². The predicted molar refractivity (Wildman–Crippen MR) is 139 cm³/mol. The zero-order valence-corrected chi connectivity index (χ0v) is 20.2. The van der Waals surface area contributed by atoms with E-state index in [1.54, 1.807) is 36.4 Å². The predicted octanol–water partition coefficient (Wildman–Crippen LogP) is 6.44. The molecule has 0 bridgehead atoms. The first kappa shape index (κ1) is 24.3. The second kappa shape index (κ2) is 11.0. The maximum absolute atomic E-state index is 13.2. The monoisotopic (exact) mass is 469 g/mol. The number of benzene rings is 3. The van der Waals surface area contributed by atoms with Gasteiger partial charge < -0.3 is 9.84 Å². The third kappa shape index (κ3) is 5.14. The summed E-state index contributed by atoms with van der Waals surface area (Å²) in [5, 5.41) is 11.3. The minimum atomic E-state index is -0.728. The van der Waals surface area contributed by atoms with Crippen molar-refractivity contribution in [3.05, 3.63) is 101 Å². The molecule has 1 aliphatic rings. The van der Waals surface area contributed by atoms with Crippen LogP contribution in [0.4, 0.5) is 5.69 Å². The molecule has 1 saturated heterocycles. The number of ketones is 1. The molecule has 1 aliphatic heterocycles. The quantitative estimate of drug-likeness (QED) is 0.169. The number of aliphatic hydroxyl groups excluding tert-OH is 1. The van der Waals surface area contributed by atoms with Crippen molar-refractivity contribution in [1.29, 1.82) is 0 Å². The Balaban J connectivity index is 1.74. The average Bonchev–Trinajstić information content (AvgIpc) is 3.17. The molecule has 0 saturated carbocycles. The maximum Gasteiger partial charge on any atom is 0.300 e. The Bertz CT molecular complexity index is 1200. The second-order valence-electron chi connectivity index (χ2n) is 8.68. The molecular weight excluding hydrogens is 438 g/mol. The van der Waals surface area contributed by atoms with Crippen LogP contribution in [0.3, 0.4) is 0 Å². The van der Waals surface area contributed by atoms with Crippen LogP contribution >= 0.6 is 0 Å². The summed E-state index contributed by atoms with van der Waals surface area (Å²) in [5.74, 6) is -0.841. The number of para-hydroxylation sites is 1. The van der Waals surface area contributed by atoms with Crippen LogP contribution in [0.15, 0.2) is 84.4 Å². The van der Waals surface area contributed by atoms with Crippen LogP contribution in [0, 0.1) is 0 Å². The molecule has 0 aromatic heterocycles. The molecule has 1 unspecified atom stereocenters. The number of ether oxygens (including phenoxy) is 1. The molecule has 1 amide bonds. The van der Waals surface area contributed by atoms with E-state index < -0.39 is 17.7 Å². The van der Waals surface area contributed by atoms with E-state index in [9.17, 15) is 14.7 Å². The molecule has 5 heteroatoms. The molecule has 180 valence electrons. The number of carbonyl (C=O) groups excluding carboxylic acids is 2. The van der Waals surface area contributed by atoms with Gasteiger partial charge in [0.25, 0.3) is 11.7 Å². The molecule has 1 atom stereocenters. The van der Waals surface area contributed by atoms with Gasteiger partial charge in [-0.2, -0.15) is 0 Å². The lowest BCUT2D eigenvalue weighted by Gasteiger charge is -2.25. The summed E-state index contributed by atoms with van der Waals surface area (Å²) < 4.78 is 5.77. The topological polar surface area (TPSA) is 66.8 Å². The van der Waals surface area contributed by atoms with E-state index in [4.69, 9.17) is 4.74 Å². The van der Waals surface area contributed by atoms with Gasteiger partial charge >= 0.3 is 0 Å². The number of nitrogens with zero attached hydrogens (tertiary/aromatic N) is 1. The average molecular weight is 470 g/mol. The normalized spacial score (nSPS) is 17.1. The first-order valence-electron chi connectivity index (χ1n) is 12.2. The summed E-state index contributed by atoms with van der Waals surface area (Å²) in [6, 6.07) is 23.2.